The predicted molar refractivity (Wildman–Crippen MR) is 102 cm³/mol. The lowest BCUT2D eigenvalue weighted by Crippen LogP contribution is -2.41. The van der Waals surface area contributed by atoms with Crippen LogP contribution in [0.15, 0.2) is 46.9 Å². The third-order valence-electron chi connectivity index (χ3n) is 3.83. The summed E-state index contributed by atoms with van der Waals surface area (Å²) in [6, 6.07) is 12.0. The summed E-state index contributed by atoms with van der Waals surface area (Å²) in [6.45, 7) is 6.59. The molecule has 2 aromatic rings. The van der Waals surface area contributed by atoms with Gasteiger partial charge in [0.2, 0.25) is 5.76 Å². The Balaban J connectivity index is 1.96. The van der Waals surface area contributed by atoms with Crippen LogP contribution in [0, 0.1) is 15.5 Å². The minimum atomic E-state index is -0.916. The average Bonchev–Trinajstić information content (AvgIpc) is 3.13. The number of furan rings is 1. The van der Waals surface area contributed by atoms with E-state index < -0.39 is 23.4 Å². The van der Waals surface area contributed by atoms with E-state index in [1.165, 1.54) is 0 Å². The number of ether oxygens (including phenoxy) is 1. The van der Waals surface area contributed by atoms with Crippen molar-refractivity contribution in [1.29, 1.82) is 0 Å². The molecule has 8 nitrogen and oxygen atoms in total. The molecule has 0 saturated heterocycles. The van der Waals surface area contributed by atoms with Crippen molar-refractivity contribution in [3.63, 3.8) is 0 Å². The first-order valence-electron chi connectivity index (χ1n) is 8.89. The van der Waals surface area contributed by atoms with E-state index in [1.807, 2.05) is 51.1 Å². The summed E-state index contributed by atoms with van der Waals surface area (Å²) in [7, 11) is 0. The first-order chi connectivity index (χ1) is 13.2. The Kier molecular flexibility index (Phi) is 6.92. The maximum atomic E-state index is 12.6. The fourth-order valence-corrected chi connectivity index (χ4v) is 2.60. The SMILES string of the molecule is CC(C)(C)CN(CCc1ccccc1)C(=O)COC(=O)c1ccc([N+](=O)[O-])o1. The number of hydrogen-bond donors (Lipinski definition) is 0. The molecule has 150 valence electrons. The summed E-state index contributed by atoms with van der Waals surface area (Å²) in [4.78, 5) is 36.1. The minimum Gasteiger partial charge on any atom is -0.450 e. The van der Waals surface area contributed by atoms with Crippen LogP contribution in [0.3, 0.4) is 0 Å². The maximum absolute atomic E-state index is 12.6. The molecule has 2 rings (SSSR count). The van der Waals surface area contributed by atoms with Crippen molar-refractivity contribution >= 4 is 17.8 Å². The van der Waals surface area contributed by atoms with Crippen LogP contribution in [0.2, 0.25) is 0 Å². The zero-order valence-corrected chi connectivity index (χ0v) is 16.2. The van der Waals surface area contributed by atoms with E-state index in [-0.39, 0.29) is 17.1 Å². The van der Waals surface area contributed by atoms with Gasteiger partial charge in [0.25, 0.3) is 5.91 Å². The zero-order chi connectivity index (χ0) is 20.7. The van der Waals surface area contributed by atoms with Gasteiger partial charge in [-0.1, -0.05) is 51.1 Å². The number of rotatable bonds is 8. The fourth-order valence-electron chi connectivity index (χ4n) is 2.60. The molecule has 0 aliphatic heterocycles. The van der Waals surface area contributed by atoms with E-state index in [9.17, 15) is 19.7 Å². The molecule has 0 atom stereocenters. The molecule has 0 fully saturated rings. The van der Waals surface area contributed by atoms with Gasteiger partial charge in [-0.25, -0.2) is 4.79 Å². The normalized spacial score (nSPS) is 11.1. The van der Waals surface area contributed by atoms with Gasteiger partial charge in [-0.15, -0.1) is 0 Å². The number of carbonyl (C=O) groups is 2. The Bertz CT molecular complexity index is 823. The summed E-state index contributed by atoms with van der Waals surface area (Å²) in [5, 5.41) is 10.6. The van der Waals surface area contributed by atoms with Crippen molar-refractivity contribution in [2.45, 2.75) is 27.2 Å². The van der Waals surface area contributed by atoms with Crippen molar-refractivity contribution < 1.29 is 23.7 Å². The highest BCUT2D eigenvalue weighted by Gasteiger charge is 2.24. The summed E-state index contributed by atoms with van der Waals surface area (Å²) in [5.41, 5.74) is 0.979. The highest BCUT2D eigenvalue weighted by atomic mass is 16.7. The molecule has 0 radical (unpaired) electrons. The molecule has 1 amide bonds. The topological polar surface area (TPSA) is 103 Å². The lowest BCUT2D eigenvalue weighted by molar-refractivity contribution is -0.402. The van der Waals surface area contributed by atoms with Crippen molar-refractivity contribution in [2.75, 3.05) is 19.7 Å². The maximum Gasteiger partial charge on any atom is 0.433 e. The molecular formula is C20H24N2O6. The van der Waals surface area contributed by atoms with Crippen molar-refractivity contribution in [1.82, 2.24) is 4.90 Å². The molecule has 0 saturated carbocycles. The highest BCUT2D eigenvalue weighted by Crippen LogP contribution is 2.18. The summed E-state index contributed by atoms with van der Waals surface area (Å²) >= 11 is 0. The lowest BCUT2D eigenvalue weighted by atomic mass is 9.95. The standard InChI is InChI=1S/C20H24N2O6/c1-20(2,3)14-21(12-11-15-7-5-4-6-8-15)17(23)13-27-19(24)16-9-10-18(28-16)22(25)26/h4-10H,11-14H2,1-3H3. The molecule has 0 spiro atoms. The van der Waals surface area contributed by atoms with Crippen molar-refractivity contribution in [3.05, 3.63) is 63.9 Å². The van der Waals surface area contributed by atoms with Crippen LogP contribution in [0.25, 0.3) is 0 Å². The van der Waals surface area contributed by atoms with Crippen molar-refractivity contribution in [3.8, 4) is 0 Å². The second-order valence-corrected chi connectivity index (χ2v) is 7.58. The fraction of sp³-hybridized carbons (Fsp3) is 0.400. The third kappa shape index (κ3) is 6.53. The molecule has 1 aromatic heterocycles. The van der Waals surface area contributed by atoms with Crippen LogP contribution in [-0.4, -0.2) is 41.4 Å². The Hall–Kier alpha value is -3.16. The predicted octanol–water partition coefficient (Wildman–Crippen LogP) is 3.46. The lowest BCUT2D eigenvalue weighted by Gasteiger charge is -2.30. The molecule has 8 heteroatoms. The first-order valence-corrected chi connectivity index (χ1v) is 8.89. The molecule has 1 aromatic carbocycles. The van der Waals surface area contributed by atoms with E-state index in [2.05, 4.69) is 0 Å². The number of hydrogen-bond acceptors (Lipinski definition) is 6. The number of nitrogens with zero attached hydrogens (tertiary/aromatic N) is 2. The molecule has 1 heterocycles. The monoisotopic (exact) mass is 388 g/mol. The minimum absolute atomic E-state index is 0.127. The van der Waals surface area contributed by atoms with Crippen LogP contribution in [0.4, 0.5) is 5.88 Å². The largest absolute Gasteiger partial charge is 0.450 e. The molecule has 0 unspecified atom stereocenters. The van der Waals surface area contributed by atoms with Crippen LogP contribution < -0.4 is 0 Å². The second kappa shape index (κ2) is 9.16. The van der Waals surface area contributed by atoms with Gasteiger partial charge in [0.1, 0.15) is 4.92 Å². The Morgan fingerprint density at radius 3 is 2.39 bits per heavy atom. The summed E-state index contributed by atoms with van der Waals surface area (Å²) in [5.74, 6) is -2.12. The molecule has 0 aliphatic rings. The van der Waals surface area contributed by atoms with E-state index >= 15 is 0 Å². The Morgan fingerprint density at radius 2 is 1.82 bits per heavy atom. The molecular weight excluding hydrogens is 364 g/mol. The molecule has 0 N–H and O–H groups in total. The Labute approximate surface area is 163 Å². The van der Waals surface area contributed by atoms with Gasteiger partial charge >= 0.3 is 11.9 Å². The van der Waals surface area contributed by atoms with Gasteiger partial charge in [-0.2, -0.15) is 0 Å². The van der Waals surface area contributed by atoms with Crippen molar-refractivity contribution in [2.24, 2.45) is 5.41 Å². The van der Waals surface area contributed by atoms with Gasteiger partial charge in [0, 0.05) is 13.1 Å². The average molecular weight is 388 g/mol. The molecule has 0 bridgehead atoms. The zero-order valence-electron chi connectivity index (χ0n) is 16.2. The van der Waals surface area contributed by atoms with E-state index in [1.54, 1.807) is 4.90 Å². The van der Waals surface area contributed by atoms with Crippen LogP contribution in [-0.2, 0) is 16.0 Å². The van der Waals surface area contributed by atoms with Gasteiger partial charge in [-0.05, 0) is 23.5 Å². The second-order valence-electron chi connectivity index (χ2n) is 7.58. The number of carbonyl (C=O) groups excluding carboxylic acids is 2. The number of esters is 1. The summed E-state index contributed by atoms with van der Waals surface area (Å²) in [6.07, 6.45) is 0.682. The van der Waals surface area contributed by atoms with E-state index in [0.29, 0.717) is 19.5 Å². The number of amides is 1. The van der Waals surface area contributed by atoms with Gasteiger partial charge in [-0.3, -0.25) is 14.9 Å². The number of nitro groups is 1. The van der Waals surface area contributed by atoms with Gasteiger partial charge in [0.15, 0.2) is 6.61 Å². The quantitative estimate of drug-likeness (QED) is 0.390. The molecule has 28 heavy (non-hydrogen) atoms. The van der Waals surface area contributed by atoms with Crippen LogP contribution in [0.5, 0.6) is 0 Å². The van der Waals surface area contributed by atoms with Crippen LogP contribution >= 0.6 is 0 Å². The van der Waals surface area contributed by atoms with Gasteiger partial charge < -0.3 is 14.1 Å². The highest BCUT2D eigenvalue weighted by molar-refractivity contribution is 5.89. The first kappa shape index (κ1) is 21.1. The number of benzene rings is 1. The molecule has 0 aliphatic carbocycles. The van der Waals surface area contributed by atoms with E-state index in [4.69, 9.17) is 9.15 Å². The van der Waals surface area contributed by atoms with Gasteiger partial charge in [0.05, 0.1) is 6.07 Å². The van der Waals surface area contributed by atoms with Crippen LogP contribution in [0.1, 0.15) is 36.9 Å². The third-order valence-corrected chi connectivity index (χ3v) is 3.83. The van der Waals surface area contributed by atoms with E-state index in [0.717, 1.165) is 17.7 Å². The smallest absolute Gasteiger partial charge is 0.433 e. The summed E-state index contributed by atoms with van der Waals surface area (Å²) < 4.78 is 9.77. The Morgan fingerprint density at radius 1 is 1.14 bits per heavy atom.